The number of nitro groups is 1. The van der Waals surface area contributed by atoms with Crippen molar-refractivity contribution in [3.63, 3.8) is 0 Å². The number of rotatable bonds is 2. The lowest BCUT2D eigenvalue weighted by atomic mass is 10.1. The quantitative estimate of drug-likeness (QED) is 0.505. The zero-order valence-electron chi connectivity index (χ0n) is 8.50. The highest BCUT2D eigenvalue weighted by Crippen LogP contribution is 2.30. The average molecular weight is 251 g/mol. The SMILES string of the molecule is O=[N+]([O-])c1ccc(-c2cc(O)cnc2Cl)cc1. The van der Waals surface area contributed by atoms with E-state index < -0.39 is 4.92 Å². The molecule has 0 radical (unpaired) electrons. The van der Waals surface area contributed by atoms with Gasteiger partial charge in [-0.1, -0.05) is 11.6 Å². The van der Waals surface area contributed by atoms with Gasteiger partial charge in [0, 0.05) is 17.7 Å². The maximum absolute atomic E-state index is 10.5. The maximum atomic E-state index is 10.5. The van der Waals surface area contributed by atoms with Crippen LogP contribution in [-0.4, -0.2) is 15.0 Å². The van der Waals surface area contributed by atoms with E-state index in [1.165, 1.54) is 24.4 Å². The molecule has 2 rings (SSSR count). The first-order valence-electron chi connectivity index (χ1n) is 4.67. The molecule has 1 N–H and O–H groups in total. The van der Waals surface area contributed by atoms with Crippen molar-refractivity contribution in [1.82, 2.24) is 4.98 Å². The Morgan fingerprint density at radius 2 is 1.94 bits per heavy atom. The fourth-order valence-electron chi connectivity index (χ4n) is 1.40. The maximum Gasteiger partial charge on any atom is 0.269 e. The third-order valence-corrected chi connectivity index (χ3v) is 2.51. The molecule has 0 unspecified atom stereocenters. The molecule has 1 heterocycles. The van der Waals surface area contributed by atoms with Crippen molar-refractivity contribution in [3.8, 4) is 16.9 Å². The van der Waals surface area contributed by atoms with Crippen LogP contribution >= 0.6 is 11.6 Å². The summed E-state index contributed by atoms with van der Waals surface area (Å²) < 4.78 is 0. The van der Waals surface area contributed by atoms with Crippen LogP contribution in [0.4, 0.5) is 5.69 Å². The number of hydrogen-bond acceptors (Lipinski definition) is 4. The van der Waals surface area contributed by atoms with E-state index in [9.17, 15) is 15.2 Å². The molecule has 0 spiro atoms. The number of nitro benzene ring substituents is 1. The minimum absolute atomic E-state index is 0.00187. The monoisotopic (exact) mass is 250 g/mol. The van der Waals surface area contributed by atoms with Crippen molar-refractivity contribution >= 4 is 17.3 Å². The van der Waals surface area contributed by atoms with E-state index in [-0.39, 0.29) is 16.6 Å². The fourth-order valence-corrected chi connectivity index (χ4v) is 1.61. The van der Waals surface area contributed by atoms with Gasteiger partial charge in [0.1, 0.15) is 10.9 Å². The molecule has 0 aliphatic heterocycles. The summed E-state index contributed by atoms with van der Waals surface area (Å²) in [5.41, 5.74) is 1.18. The molecule has 17 heavy (non-hydrogen) atoms. The van der Waals surface area contributed by atoms with Gasteiger partial charge in [-0.25, -0.2) is 4.98 Å². The summed E-state index contributed by atoms with van der Waals surface area (Å²) in [6.45, 7) is 0. The number of non-ortho nitro benzene ring substituents is 1. The lowest BCUT2D eigenvalue weighted by molar-refractivity contribution is -0.384. The Hall–Kier alpha value is -2.14. The van der Waals surface area contributed by atoms with Gasteiger partial charge in [0.15, 0.2) is 0 Å². The highest BCUT2D eigenvalue weighted by molar-refractivity contribution is 6.32. The summed E-state index contributed by atoms with van der Waals surface area (Å²) in [5.74, 6) is -0.0113. The average Bonchev–Trinajstić information content (AvgIpc) is 2.32. The summed E-state index contributed by atoms with van der Waals surface area (Å²) >= 11 is 5.88. The minimum atomic E-state index is -0.480. The van der Waals surface area contributed by atoms with Gasteiger partial charge in [-0.3, -0.25) is 10.1 Å². The van der Waals surface area contributed by atoms with E-state index in [4.69, 9.17) is 11.6 Å². The molecular formula is C11H7ClN2O3. The Balaban J connectivity index is 2.46. The molecule has 0 saturated carbocycles. The number of halogens is 1. The Bertz CT molecular complexity index is 569. The van der Waals surface area contributed by atoms with Crippen molar-refractivity contribution in [2.45, 2.75) is 0 Å². The van der Waals surface area contributed by atoms with Crippen LogP contribution in [0.3, 0.4) is 0 Å². The number of nitrogens with zero attached hydrogens (tertiary/aromatic N) is 2. The van der Waals surface area contributed by atoms with Crippen LogP contribution in [0.25, 0.3) is 11.1 Å². The number of hydrogen-bond donors (Lipinski definition) is 1. The summed E-state index contributed by atoms with van der Waals surface area (Å²) in [6.07, 6.45) is 1.23. The van der Waals surface area contributed by atoms with E-state index in [0.717, 1.165) is 0 Å². The molecule has 0 aliphatic carbocycles. The van der Waals surface area contributed by atoms with Gasteiger partial charge in [0.05, 0.1) is 11.1 Å². The van der Waals surface area contributed by atoms with Crippen molar-refractivity contribution in [2.75, 3.05) is 0 Å². The largest absolute Gasteiger partial charge is 0.506 e. The van der Waals surface area contributed by atoms with Crippen LogP contribution in [-0.2, 0) is 0 Å². The highest BCUT2D eigenvalue weighted by atomic mass is 35.5. The normalized spacial score (nSPS) is 10.2. The molecule has 1 aromatic heterocycles. The molecule has 0 saturated heterocycles. The lowest BCUT2D eigenvalue weighted by Crippen LogP contribution is -1.88. The Labute approximate surface area is 101 Å². The highest BCUT2D eigenvalue weighted by Gasteiger charge is 2.09. The van der Waals surface area contributed by atoms with Gasteiger partial charge >= 0.3 is 0 Å². The molecule has 0 bridgehead atoms. The van der Waals surface area contributed by atoms with Gasteiger partial charge in [-0.05, 0) is 23.8 Å². The number of pyridine rings is 1. The summed E-state index contributed by atoms with van der Waals surface area (Å²) in [7, 11) is 0. The van der Waals surface area contributed by atoms with Crippen molar-refractivity contribution in [3.05, 3.63) is 51.8 Å². The molecule has 0 aliphatic rings. The Kier molecular flexibility index (Phi) is 2.93. The standard InChI is InChI=1S/C11H7ClN2O3/c12-11-10(5-9(15)6-13-11)7-1-3-8(4-2-7)14(16)17/h1-6,15H. The number of aromatic nitrogens is 1. The molecular weight excluding hydrogens is 244 g/mol. The van der Waals surface area contributed by atoms with Crippen LogP contribution < -0.4 is 0 Å². The van der Waals surface area contributed by atoms with E-state index in [1.54, 1.807) is 12.1 Å². The zero-order chi connectivity index (χ0) is 12.4. The first-order valence-corrected chi connectivity index (χ1v) is 5.05. The summed E-state index contributed by atoms with van der Waals surface area (Å²) in [5, 5.41) is 20.0. The second kappa shape index (κ2) is 4.39. The fraction of sp³-hybridized carbons (Fsp3) is 0. The van der Waals surface area contributed by atoms with Gasteiger partial charge in [-0.15, -0.1) is 0 Å². The van der Waals surface area contributed by atoms with Crippen molar-refractivity contribution < 1.29 is 10.0 Å². The van der Waals surface area contributed by atoms with E-state index in [1.807, 2.05) is 0 Å². The van der Waals surface area contributed by atoms with Crippen molar-refractivity contribution in [1.29, 1.82) is 0 Å². The molecule has 2 aromatic rings. The predicted molar refractivity (Wildman–Crippen MR) is 63.0 cm³/mol. The zero-order valence-corrected chi connectivity index (χ0v) is 9.26. The van der Waals surface area contributed by atoms with Gasteiger partial charge in [-0.2, -0.15) is 0 Å². The van der Waals surface area contributed by atoms with E-state index in [2.05, 4.69) is 4.98 Å². The molecule has 5 nitrogen and oxygen atoms in total. The topological polar surface area (TPSA) is 76.3 Å². The van der Waals surface area contributed by atoms with Crippen molar-refractivity contribution in [2.24, 2.45) is 0 Å². The molecule has 6 heteroatoms. The third-order valence-electron chi connectivity index (χ3n) is 2.21. The summed E-state index contributed by atoms with van der Waals surface area (Å²) in [6, 6.07) is 7.31. The van der Waals surface area contributed by atoms with E-state index in [0.29, 0.717) is 11.1 Å². The van der Waals surface area contributed by atoms with Crippen LogP contribution in [0.2, 0.25) is 5.15 Å². The number of benzene rings is 1. The number of aromatic hydroxyl groups is 1. The molecule has 1 aromatic carbocycles. The second-order valence-corrected chi connectivity index (χ2v) is 3.69. The van der Waals surface area contributed by atoms with Crippen LogP contribution in [0, 0.1) is 10.1 Å². The Morgan fingerprint density at radius 1 is 1.29 bits per heavy atom. The van der Waals surface area contributed by atoms with Gasteiger partial charge in [0.25, 0.3) is 5.69 Å². The van der Waals surface area contributed by atoms with Gasteiger partial charge in [0.2, 0.25) is 0 Å². The van der Waals surface area contributed by atoms with Crippen LogP contribution in [0.15, 0.2) is 36.5 Å². The smallest absolute Gasteiger partial charge is 0.269 e. The molecule has 0 amide bonds. The molecule has 86 valence electrons. The molecule has 0 fully saturated rings. The van der Waals surface area contributed by atoms with E-state index >= 15 is 0 Å². The summed E-state index contributed by atoms with van der Waals surface area (Å²) in [4.78, 5) is 13.8. The Morgan fingerprint density at radius 3 is 2.53 bits per heavy atom. The van der Waals surface area contributed by atoms with Crippen LogP contribution in [0.1, 0.15) is 0 Å². The second-order valence-electron chi connectivity index (χ2n) is 3.34. The lowest BCUT2D eigenvalue weighted by Gasteiger charge is -2.03. The van der Waals surface area contributed by atoms with Crippen LogP contribution in [0.5, 0.6) is 5.75 Å². The molecule has 0 atom stereocenters. The predicted octanol–water partition coefficient (Wildman–Crippen LogP) is 3.02. The minimum Gasteiger partial charge on any atom is -0.506 e. The first kappa shape index (κ1) is 11.3. The van der Waals surface area contributed by atoms with Gasteiger partial charge < -0.3 is 5.11 Å². The first-order chi connectivity index (χ1) is 8.08. The third kappa shape index (κ3) is 2.34.